The predicted molar refractivity (Wildman–Crippen MR) is 90.2 cm³/mol. The Bertz CT molecular complexity index is 849. The molecule has 4 rings (SSSR count). The molecule has 0 saturated carbocycles. The number of amides is 1. The molecule has 1 saturated heterocycles. The highest BCUT2D eigenvalue weighted by Gasteiger charge is 2.24. The molecule has 0 aliphatic carbocycles. The van der Waals surface area contributed by atoms with Gasteiger partial charge in [0.25, 0.3) is 11.9 Å². The van der Waals surface area contributed by atoms with Crippen molar-refractivity contribution in [1.82, 2.24) is 9.88 Å². The average molecular weight is 323 g/mol. The Morgan fingerprint density at radius 2 is 1.83 bits per heavy atom. The largest absolute Gasteiger partial charge is 0.508 e. The lowest BCUT2D eigenvalue weighted by molar-refractivity contribution is 0.0744. The van der Waals surface area contributed by atoms with Crippen LogP contribution in [0.5, 0.6) is 5.75 Å². The van der Waals surface area contributed by atoms with Gasteiger partial charge in [-0.15, -0.1) is 0 Å². The van der Waals surface area contributed by atoms with Crippen molar-refractivity contribution in [2.45, 2.75) is 0 Å². The number of oxazole rings is 1. The molecule has 0 bridgehead atoms. The van der Waals surface area contributed by atoms with Crippen molar-refractivity contribution in [3.8, 4) is 5.75 Å². The molecule has 0 atom stereocenters. The molecule has 1 aliphatic rings. The van der Waals surface area contributed by atoms with E-state index in [2.05, 4.69) is 4.98 Å². The van der Waals surface area contributed by atoms with Gasteiger partial charge in [-0.3, -0.25) is 4.79 Å². The summed E-state index contributed by atoms with van der Waals surface area (Å²) in [5, 5.41) is 9.52. The number of aromatic hydroxyl groups is 1. The van der Waals surface area contributed by atoms with E-state index in [0.717, 1.165) is 11.1 Å². The van der Waals surface area contributed by atoms with Crippen molar-refractivity contribution in [3.63, 3.8) is 0 Å². The number of hydrogen-bond donors (Lipinski definition) is 1. The second-order valence-electron chi connectivity index (χ2n) is 5.79. The number of rotatable bonds is 2. The average Bonchev–Trinajstić information content (AvgIpc) is 3.05. The maximum absolute atomic E-state index is 12.5. The van der Waals surface area contributed by atoms with Gasteiger partial charge in [0.1, 0.15) is 11.3 Å². The highest BCUT2D eigenvalue weighted by Crippen LogP contribution is 2.23. The molecule has 6 heteroatoms. The number of phenolic OH excluding ortho intramolecular Hbond substituents is 1. The molecule has 122 valence electrons. The zero-order valence-electron chi connectivity index (χ0n) is 13.1. The van der Waals surface area contributed by atoms with E-state index in [1.807, 2.05) is 29.2 Å². The van der Waals surface area contributed by atoms with Crippen LogP contribution in [-0.4, -0.2) is 47.1 Å². The molecule has 0 unspecified atom stereocenters. The molecule has 0 radical (unpaired) electrons. The fourth-order valence-electron chi connectivity index (χ4n) is 2.92. The van der Waals surface area contributed by atoms with Crippen molar-refractivity contribution < 1.29 is 14.3 Å². The van der Waals surface area contributed by atoms with Crippen LogP contribution in [0.3, 0.4) is 0 Å². The molecule has 2 heterocycles. The number of para-hydroxylation sites is 2. The normalized spacial score (nSPS) is 15.0. The second-order valence-corrected chi connectivity index (χ2v) is 5.79. The van der Waals surface area contributed by atoms with Gasteiger partial charge in [0.05, 0.1) is 0 Å². The molecule has 2 aromatic carbocycles. The molecule has 1 N–H and O–H groups in total. The molecule has 24 heavy (non-hydrogen) atoms. The first-order chi connectivity index (χ1) is 11.7. The zero-order valence-corrected chi connectivity index (χ0v) is 13.1. The molecule has 6 nitrogen and oxygen atoms in total. The van der Waals surface area contributed by atoms with E-state index in [9.17, 15) is 9.90 Å². The van der Waals surface area contributed by atoms with E-state index in [1.54, 1.807) is 23.1 Å². The van der Waals surface area contributed by atoms with Crippen molar-refractivity contribution in [1.29, 1.82) is 0 Å². The second kappa shape index (κ2) is 5.88. The fourth-order valence-corrected chi connectivity index (χ4v) is 2.92. The van der Waals surface area contributed by atoms with Crippen LogP contribution in [0, 0.1) is 0 Å². The predicted octanol–water partition coefficient (Wildman–Crippen LogP) is 2.50. The summed E-state index contributed by atoms with van der Waals surface area (Å²) in [6, 6.07) is 14.7. The van der Waals surface area contributed by atoms with Crippen LogP contribution in [0.4, 0.5) is 6.01 Å². The summed E-state index contributed by atoms with van der Waals surface area (Å²) in [5.41, 5.74) is 2.11. The summed E-state index contributed by atoms with van der Waals surface area (Å²) in [6.07, 6.45) is 0. The van der Waals surface area contributed by atoms with E-state index >= 15 is 0 Å². The first-order valence-corrected chi connectivity index (χ1v) is 7.89. The van der Waals surface area contributed by atoms with Crippen LogP contribution in [0.25, 0.3) is 11.1 Å². The van der Waals surface area contributed by atoms with E-state index in [-0.39, 0.29) is 11.7 Å². The molecule has 1 aromatic heterocycles. The van der Waals surface area contributed by atoms with Crippen molar-refractivity contribution in [2.24, 2.45) is 0 Å². The highest BCUT2D eigenvalue weighted by molar-refractivity contribution is 5.94. The number of phenols is 1. The summed E-state index contributed by atoms with van der Waals surface area (Å²) in [6.45, 7) is 2.51. The number of hydrogen-bond acceptors (Lipinski definition) is 5. The van der Waals surface area contributed by atoms with Gasteiger partial charge >= 0.3 is 0 Å². The fraction of sp³-hybridized carbons (Fsp3) is 0.222. The monoisotopic (exact) mass is 323 g/mol. The third-order valence-electron chi connectivity index (χ3n) is 4.21. The number of carbonyl (C=O) groups excluding carboxylic acids is 1. The highest BCUT2D eigenvalue weighted by atomic mass is 16.4. The third-order valence-corrected chi connectivity index (χ3v) is 4.21. The summed E-state index contributed by atoms with van der Waals surface area (Å²) in [5.74, 6) is 0.0362. The van der Waals surface area contributed by atoms with Gasteiger partial charge in [-0.1, -0.05) is 18.2 Å². The van der Waals surface area contributed by atoms with Crippen molar-refractivity contribution in [2.75, 3.05) is 31.1 Å². The zero-order chi connectivity index (χ0) is 16.5. The molecule has 1 aliphatic heterocycles. The van der Waals surface area contributed by atoms with E-state index in [4.69, 9.17) is 4.42 Å². The molecule has 1 fully saturated rings. The van der Waals surface area contributed by atoms with Gasteiger partial charge in [0, 0.05) is 31.7 Å². The van der Waals surface area contributed by atoms with Gasteiger partial charge in [-0.25, -0.2) is 0 Å². The maximum Gasteiger partial charge on any atom is 0.298 e. The smallest absolute Gasteiger partial charge is 0.298 e. The minimum atomic E-state index is -0.0666. The van der Waals surface area contributed by atoms with Crippen LogP contribution < -0.4 is 4.90 Å². The number of piperazine rings is 1. The SMILES string of the molecule is O=C(c1cccc(O)c1)N1CCN(c2nc3ccccc3o2)CC1. The van der Waals surface area contributed by atoms with Gasteiger partial charge in [-0.05, 0) is 30.3 Å². The standard InChI is InChI=1S/C18H17N3O3/c22-14-5-3-4-13(12-14)17(23)20-8-10-21(11-9-20)18-19-15-6-1-2-7-16(15)24-18/h1-7,12,22H,8-11H2. The van der Waals surface area contributed by atoms with Gasteiger partial charge < -0.3 is 19.3 Å². The quantitative estimate of drug-likeness (QED) is 0.784. The summed E-state index contributed by atoms with van der Waals surface area (Å²) in [7, 11) is 0. The van der Waals surface area contributed by atoms with Crippen LogP contribution in [0.1, 0.15) is 10.4 Å². The molecular weight excluding hydrogens is 306 g/mol. The topological polar surface area (TPSA) is 69.8 Å². The van der Waals surface area contributed by atoms with E-state index in [1.165, 1.54) is 6.07 Å². The summed E-state index contributed by atoms with van der Waals surface area (Å²) in [4.78, 5) is 20.8. The Kier molecular flexibility index (Phi) is 3.57. The number of aromatic nitrogens is 1. The van der Waals surface area contributed by atoms with Crippen LogP contribution in [0.15, 0.2) is 52.9 Å². The molecule has 0 spiro atoms. The summed E-state index contributed by atoms with van der Waals surface area (Å²) >= 11 is 0. The lowest BCUT2D eigenvalue weighted by atomic mass is 10.1. The van der Waals surface area contributed by atoms with Crippen molar-refractivity contribution >= 4 is 23.0 Å². The van der Waals surface area contributed by atoms with Gasteiger partial charge in [0.2, 0.25) is 0 Å². The Labute approximate surface area is 138 Å². The number of fused-ring (bicyclic) bond motifs is 1. The van der Waals surface area contributed by atoms with Crippen LogP contribution in [-0.2, 0) is 0 Å². The first-order valence-electron chi connectivity index (χ1n) is 7.89. The molecular formula is C18H17N3O3. The molecule has 1 amide bonds. The number of anilines is 1. The minimum absolute atomic E-state index is 0.0666. The lowest BCUT2D eigenvalue weighted by Crippen LogP contribution is -2.48. The van der Waals surface area contributed by atoms with Gasteiger partial charge in [-0.2, -0.15) is 4.98 Å². The van der Waals surface area contributed by atoms with Gasteiger partial charge in [0.15, 0.2) is 5.58 Å². The van der Waals surface area contributed by atoms with E-state index < -0.39 is 0 Å². The van der Waals surface area contributed by atoms with Crippen LogP contribution >= 0.6 is 0 Å². The first kappa shape index (κ1) is 14.6. The summed E-state index contributed by atoms with van der Waals surface area (Å²) < 4.78 is 5.78. The Morgan fingerprint density at radius 3 is 2.58 bits per heavy atom. The minimum Gasteiger partial charge on any atom is -0.508 e. The maximum atomic E-state index is 12.5. The van der Waals surface area contributed by atoms with E-state index in [0.29, 0.717) is 37.8 Å². The number of nitrogens with zero attached hydrogens (tertiary/aromatic N) is 3. The third kappa shape index (κ3) is 2.67. The van der Waals surface area contributed by atoms with Crippen molar-refractivity contribution in [3.05, 3.63) is 54.1 Å². The number of benzene rings is 2. The van der Waals surface area contributed by atoms with Crippen LogP contribution in [0.2, 0.25) is 0 Å². The molecule has 3 aromatic rings. The number of carbonyl (C=O) groups is 1. The Balaban J connectivity index is 1.45. The Morgan fingerprint density at radius 1 is 1.04 bits per heavy atom. The Hall–Kier alpha value is -3.02. The lowest BCUT2D eigenvalue weighted by Gasteiger charge is -2.33.